The van der Waals surface area contributed by atoms with E-state index in [0.29, 0.717) is 17.4 Å². The predicted octanol–water partition coefficient (Wildman–Crippen LogP) is 3.05. The highest BCUT2D eigenvalue weighted by Gasteiger charge is 2.36. The van der Waals surface area contributed by atoms with Crippen molar-refractivity contribution < 1.29 is 8.42 Å². The molecule has 0 amide bonds. The maximum Gasteiger partial charge on any atom is 0.181 e. The minimum absolute atomic E-state index is 0.107. The summed E-state index contributed by atoms with van der Waals surface area (Å²) in [7, 11) is -3.17. The maximum absolute atomic E-state index is 12.3. The zero-order valence-corrected chi connectivity index (χ0v) is 13.2. The van der Waals surface area contributed by atoms with Crippen molar-refractivity contribution in [1.29, 1.82) is 0 Å². The number of nitrogens with one attached hydrogen (secondary N) is 1. The lowest BCUT2D eigenvalue weighted by Crippen LogP contribution is -2.37. The van der Waals surface area contributed by atoms with Gasteiger partial charge >= 0.3 is 0 Å². The average molecular weight is 332 g/mol. The zero-order valence-electron chi connectivity index (χ0n) is 10.8. The molecule has 5 heteroatoms. The Balaban J connectivity index is 2.55. The standard InChI is InChI=1S/C13H18BrNO2S/c1-8(2)15-12-6-9(3)18(16,17)13-5-4-10(14)7-11(12)13/h4-5,7-9,12,15H,6H2,1-3H3. The van der Waals surface area contributed by atoms with Crippen LogP contribution < -0.4 is 5.32 Å². The summed E-state index contributed by atoms with van der Waals surface area (Å²) in [6.07, 6.45) is 0.629. The second-order valence-corrected chi connectivity index (χ2v) is 8.40. The molecule has 2 unspecified atom stereocenters. The Morgan fingerprint density at radius 3 is 2.67 bits per heavy atom. The largest absolute Gasteiger partial charge is 0.308 e. The third-order valence-electron chi connectivity index (χ3n) is 3.29. The Bertz CT molecular complexity index is 554. The number of sulfone groups is 1. The van der Waals surface area contributed by atoms with E-state index in [9.17, 15) is 8.42 Å². The molecule has 1 aliphatic heterocycles. The SMILES string of the molecule is CC(C)NC1CC(C)S(=O)(=O)c2ccc(Br)cc21. The van der Waals surface area contributed by atoms with E-state index in [0.717, 1.165) is 10.0 Å². The monoisotopic (exact) mass is 331 g/mol. The highest BCUT2D eigenvalue weighted by atomic mass is 79.9. The summed E-state index contributed by atoms with van der Waals surface area (Å²) in [5.74, 6) is 0. The number of hydrogen-bond donors (Lipinski definition) is 1. The van der Waals surface area contributed by atoms with Crippen LogP contribution in [0.3, 0.4) is 0 Å². The summed E-state index contributed by atoms with van der Waals surface area (Å²) in [5, 5.41) is 3.12. The van der Waals surface area contributed by atoms with Crippen LogP contribution in [0.25, 0.3) is 0 Å². The molecule has 1 heterocycles. The van der Waals surface area contributed by atoms with Crippen molar-refractivity contribution in [2.75, 3.05) is 0 Å². The van der Waals surface area contributed by atoms with Crippen LogP contribution in [0.4, 0.5) is 0 Å². The molecule has 0 aromatic heterocycles. The predicted molar refractivity (Wildman–Crippen MR) is 76.4 cm³/mol. The Morgan fingerprint density at radius 2 is 2.06 bits per heavy atom. The van der Waals surface area contributed by atoms with Gasteiger partial charge in [0.05, 0.1) is 10.1 Å². The van der Waals surface area contributed by atoms with Crippen LogP contribution in [0.1, 0.15) is 38.8 Å². The molecule has 100 valence electrons. The van der Waals surface area contributed by atoms with Gasteiger partial charge in [0, 0.05) is 16.6 Å². The van der Waals surface area contributed by atoms with Crippen molar-refractivity contribution in [1.82, 2.24) is 5.32 Å². The number of hydrogen-bond acceptors (Lipinski definition) is 3. The third-order valence-corrected chi connectivity index (χ3v) is 6.02. The van der Waals surface area contributed by atoms with E-state index in [2.05, 4.69) is 35.1 Å². The Hall–Kier alpha value is -0.390. The van der Waals surface area contributed by atoms with Gasteiger partial charge in [0.2, 0.25) is 0 Å². The minimum atomic E-state index is -3.17. The van der Waals surface area contributed by atoms with Crippen LogP contribution in [0.2, 0.25) is 0 Å². The number of rotatable bonds is 2. The molecular weight excluding hydrogens is 314 g/mol. The summed E-state index contributed by atoms with van der Waals surface area (Å²) in [4.78, 5) is 0.475. The van der Waals surface area contributed by atoms with E-state index in [1.807, 2.05) is 6.07 Å². The quantitative estimate of drug-likeness (QED) is 0.905. The summed E-state index contributed by atoms with van der Waals surface area (Å²) >= 11 is 3.41. The van der Waals surface area contributed by atoms with Gasteiger partial charge in [-0.25, -0.2) is 8.42 Å². The normalized spacial score (nSPS) is 26.1. The molecule has 1 N–H and O–H groups in total. The second kappa shape index (κ2) is 4.94. The van der Waals surface area contributed by atoms with Gasteiger partial charge in [0.25, 0.3) is 0 Å². The van der Waals surface area contributed by atoms with Crippen molar-refractivity contribution in [3.63, 3.8) is 0 Å². The van der Waals surface area contributed by atoms with E-state index in [1.165, 1.54) is 0 Å². The summed E-state index contributed by atoms with van der Waals surface area (Å²) < 4.78 is 25.5. The Morgan fingerprint density at radius 1 is 1.39 bits per heavy atom. The molecule has 2 rings (SSSR count). The fraction of sp³-hybridized carbons (Fsp3) is 0.538. The van der Waals surface area contributed by atoms with Crippen LogP contribution in [0.15, 0.2) is 27.6 Å². The molecule has 0 fully saturated rings. The first-order valence-corrected chi connectivity index (χ1v) is 8.45. The highest BCUT2D eigenvalue weighted by Crippen LogP contribution is 2.37. The van der Waals surface area contributed by atoms with Crippen molar-refractivity contribution >= 4 is 25.8 Å². The van der Waals surface area contributed by atoms with Crippen molar-refractivity contribution in [2.45, 2.75) is 49.4 Å². The van der Waals surface area contributed by atoms with E-state index in [1.54, 1.807) is 19.1 Å². The van der Waals surface area contributed by atoms with Gasteiger partial charge < -0.3 is 5.32 Å². The van der Waals surface area contributed by atoms with Crippen LogP contribution in [0.5, 0.6) is 0 Å². The third kappa shape index (κ3) is 2.49. The first kappa shape index (κ1) is 14.0. The van der Waals surface area contributed by atoms with Gasteiger partial charge in [-0.3, -0.25) is 0 Å². The van der Waals surface area contributed by atoms with Crippen LogP contribution in [0, 0.1) is 0 Å². The molecule has 2 atom stereocenters. The zero-order chi connectivity index (χ0) is 13.5. The first-order valence-electron chi connectivity index (χ1n) is 6.11. The fourth-order valence-corrected chi connectivity index (χ4v) is 4.46. The van der Waals surface area contributed by atoms with Crippen molar-refractivity contribution in [3.8, 4) is 0 Å². The molecule has 0 saturated heterocycles. The van der Waals surface area contributed by atoms with Crippen LogP contribution in [-0.4, -0.2) is 19.7 Å². The molecule has 0 spiro atoms. The first-order chi connectivity index (χ1) is 8.32. The molecule has 18 heavy (non-hydrogen) atoms. The lowest BCUT2D eigenvalue weighted by Gasteiger charge is -2.31. The van der Waals surface area contributed by atoms with Gasteiger partial charge in [0.1, 0.15) is 0 Å². The molecule has 0 aliphatic carbocycles. The van der Waals surface area contributed by atoms with E-state index in [4.69, 9.17) is 0 Å². The van der Waals surface area contributed by atoms with Crippen molar-refractivity contribution in [2.24, 2.45) is 0 Å². The van der Waals surface area contributed by atoms with E-state index >= 15 is 0 Å². The van der Waals surface area contributed by atoms with Gasteiger partial charge in [0.15, 0.2) is 9.84 Å². The van der Waals surface area contributed by atoms with Crippen LogP contribution >= 0.6 is 15.9 Å². The summed E-state index contributed by atoms with van der Waals surface area (Å²) in [6.45, 7) is 5.94. The molecule has 0 saturated carbocycles. The van der Waals surface area contributed by atoms with Crippen LogP contribution in [-0.2, 0) is 9.84 Å². The van der Waals surface area contributed by atoms with E-state index in [-0.39, 0.29) is 11.3 Å². The Kier molecular flexibility index (Phi) is 3.85. The summed E-state index contributed by atoms with van der Waals surface area (Å²) in [5.41, 5.74) is 0.885. The van der Waals surface area contributed by atoms with Gasteiger partial charge in [-0.1, -0.05) is 29.8 Å². The molecule has 1 aromatic carbocycles. The fourth-order valence-electron chi connectivity index (χ4n) is 2.41. The lowest BCUT2D eigenvalue weighted by atomic mass is 10.0. The van der Waals surface area contributed by atoms with Gasteiger partial charge in [-0.05, 0) is 37.1 Å². The molecule has 1 aromatic rings. The lowest BCUT2D eigenvalue weighted by molar-refractivity contribution is 0.428. The maximum atomic E-state index is 12.3. The van der Waals surface area contributed by atoms with Gasteiger partial charge in [-0.15, -0.1) is 0 Å². The molecule has 0 bridgehead atoms. The average Bonchev–Trinajstić information content (AvgIpc) is 2.25. The molecule has 0 radical (unpaired) electrons. The van der Waals surface area contributed by atoms with Crippen molar-refractivity contribution in [3.05, 3.63) is 28.2 Å². The number of benzene rings is 1. The molecular formula is C13H18BrNO2S. The van der Waals surface area contributed by atoms with E-state index < -0.39 is 9.84 Å². The second-order valence-electron chi connectivity index (χ2n) is 5.15. The summed E-state index contributed by atoms with van der Waals surface area (Å²) in [6, 6.07) is 5.85. The van der Waals surface area contributed by atoms with Gasteiger partial charge in [-0.2, -0.15) is 0 Å². The molecule has 3 nitrogen and oxygen atoms in total. The Labute approximate surface area is 117 Å². The number of halogens is 1. The highest BCUT2D eigenvalue weighted by molar-refractivity contribution is 9.10. The smallest absolute Gasteiger partial charge is 0.181 e. The number of fused-ring (bicyclic) bond motifs is 1. The topological polar surface area (TPSA) is 46.2 Å². The molecule has 1 aliphatic rings. The minimum Gasteiger partial charge on any atom is -0.308 e.